The Bertz CT molecular complexity index is 714. The second kappa shape index (κ2) is 8.63. The van der Waals surface area contributed by atoms with E-state index in [9.17, 15) is 9.59 Å². The van der Waals surface area contributed by atoms with Gasteiger partial charge in [-0.2, -0.15) is 11.8 Å². The highest BCUT2D eigenvalue weighted by atomic mass is 32.2. The minimum Gasteiger partial charge on any atom is -0.495 e. The van der Waals surface area contributed by atoms with Crippen LogP contribution in [0.3, 0.4) is 0 Å². The molecule has 0 spiro atoms. The van der Waals surface area contributed by atoms with Crippen molar-refractivity contribution in [2.45, 2.75) is 19.0 Å². The van der Waals surface area contributed by atoms with Crippen LogP contribution in [0.2, 0.25) is 0 Å². The molecule has 1 N–H and O–H groups in total. The van der Waals surface area contributed by atoms with Gasteiger partial charge >= 0.3 is 5.97 Å². The smallest absolute Gasteiger partial charge is 0.328 e. The van der Waals surface area contributed by atoms with Gasteiger partial charge < -0.3 is 19.4 Å². The molecule has 130 valence electrons. The maximum Gasteiger partial charge on any atom is 0.328 e. The van der Waals surface area contributed by atoms with Gasteiger partial charge in [0.1, 0.15) is 18.3 Å². The summed E-state index contributed by atoms with van der Waals surface area (Å²) >= 11 is 1.62. The molecular weight excluding hydrogens is 328 g/mol. The highest BCUT2D eigenvalue weighted by molar-refractivity contribution is 7.98. The molecule has 7 heteroatoms. The number of esters is 1. The third-order valence-electron chi connectivity index (χ3n) is 3.72. The van der Waals surface area contributed by atoms with E-state index in [1.165, 1.54) is 7.11 Å². The number of hydrogen-bond acceptors (Lipinski definition) is 5. The number of thioether (sulfide) groups is 1. The molecule has 0 aliphatic carbocycles. The highest BCUT2D eigenvalue weighted by Gasteiger charge is 2.21. The summed E-state index contributed by atoms with van der Waals surface area (Å²) in [5.41, 5.74) is 0.855. The predicted molar refractivity (Wildman–Crippen MR) is 95.4 cm³/mol. The standard InChI is InChI=1S/C17H22N2O4S/c1-22-14-6-4-5-12-7-9-19(16(12)14)11-15(20)18-13(8-10-24-3)17(21)23-2/h4-7,9,13H,8,10-11H2,1-3H3,(H,18,20). The van der Waals surface area contributed by atoms with E-state index in [-0.39, 0.29) is 12.5 Å². The predicted octanol–water partition coefficient (Wildman–Crippen LogP) is 2.06. The van der Waals surface area contributed by atoms with E-state index in [4.69, 9.17) is 9.47 Å². The number of benzene rings is 1. The number of ether oxygens (including phenoxy) is 2. The van der Waals surface area contributed by atoms with Crippen molar-refractivity contribution in [3.8, 4) is 5.75 Å². The Labute approximate surface area is 145 Å². The van der Waals surface area contributed by atoms with Crippen LogP contribution in [0.15, 0.2) is 30.5 Å². The lowest BCUT2D eigenvalue weighted by atomic mass is 10.2. The van der Waals surface area contributed by atoms with Gasteiger partial charge in [0, 0.05) is 11.6 Å². The number of carbonyl (C=O) groups excluding carboxylic acids is 2. The molecule has 1 aromatic heterocycles. The van der Waals surface area contributed by atoms with Crippen LogP contribution in [-0.4, -0.2) is 48.7 Å². The van der Waals surface area contributed by atoms with Gasteiger partial charge in [-0.1, -0.05) is 12.1 Å². The maximum absolute atomic E-state index is 12.4. The molecule has 2 aromatic rings. The molecular formula is C17H22N2O4S. The number of methoxy groups -OCH3 is 2. The van der Waals surface area contributed by atoms with E-state index >= 15 is 0 Å². The normalized spacial score (nSPS) is 12.0. The van der Waals surface area contributed by atoms with Gasteiger partial charge in [0.2, 0.25) is 5.91 Å². The molecule has 0 saturated carbocycles. The Morgan fingerprint density at radius 2 is 2.08 bits per heavy atom. The summed E-state index contributed by atoms with van der Waals surface area (Å²) in [6, 6.07) is 7.02. The van der Waals surface area contributed by atoms with Crippen molar-refractivity contribution >= 4 is 34.5 Å². The fourth-order valence-electron chi connectivity index (χ4n) is 2.54. The van der Waals surface area contributed by atoms with E-state index in [1.54, 1.807) is 18.9 Å². The van der Waals surface area contributed by atoms with Crippen molar-refractivity contribution < 1.29 is 19.1 Å². The number of amides is 1. The van der Waals surface area contributed by atoms with E-state index in [1.807, 2.05) is 41.3 Å². The third-order valence-corrected chi connectivity index (χ3v) is 4.36. The second-order valence-corrected chi connectivity index (χ2v) is 6.25. The van der Waals surface area contributed by atoms with Crippen LogP contribution in [0.5, 0.6) is 5.75 Å². The largest absolute Gasteiger partial charge is 0.495 e. The van der Waals surface area contributed by atoms with Gasteiger partial charge in [-0.25, -0.2) is 4.79 Å². The van der Waals surface area contributed by atoms with Crippen molar-refractivity contribution in [3.63, 3.8) is 0 Å². The molecule has 1 unspecified atom stereocenters. The van der Waals surface area contributed by atoms with E-state index in [0.29, 0.717) is 12.2 Å². The summed E-state index contributed by atoms with van der Waals surface area (Å²) in [7, 11) is 2.92. The number of rotatable bonds is 8. The van der Waals surface area contributed by atoms with Crippen molar-refractivity contribution in [1.82, 2.24) is 9.88 Å². The van der Waals surface area contributed by atoms with E-state index in [2.05, 4.69) is 5.32 Å². The van der Waals surface area contributed by atoms with Crippen LogP contribution in [-0.2, 0) is 20.9 Å². The quantitative estimate of drug-likeness (QED) is 0.738. The SMILES string of the molecule is COC(=O)C(CCSC)NC(=O)Cn1ccc2cccc(OC)c21. The van der Waals surface area contributed by atoms with Gasteiger partial charge in [0.15, 0.2) is 0 Å². The molecule has 0 fully saturated rings. The first kappa shape index (κ1) is 18.2. The lowest BCUT2D eigenvalue weighted by molar-refractivity contribution is -0.145. The van der Waals surface area contributed by atoms with Crippen molar-refractivity contribution in [2.75, 3.05) is 26.2 Å². The molecule has 0 bridgehead atoms. The average Bonchev–Trinajstić information content (AvgIpc) is 3.00. The summed E-state index contributed by atoms with van der Waals surface area (Å²) in [5, 5.41) is 3.75. The number of hydrogen-bond donors (Lipinski definition) is 1. The number of carbonyl (C=O) groups is 2. The number of aromatic nitrogens is 1. The zero-order valence-electron chi connectivity index (χ0n) is 14.1. The molecule has 0 saturated heterocycles. The van der Waals surface area contributed by atoms with Gasteiger partial charge in [0.25, 0.3) is 0 Å². The molecule has 1 atom stereocenters. The van der Waals surface area contributed by atoms with Crippen LogP contribution >= 0.6 is 11.8 Å². The summed E-state index contributed by atoms with van der Waals surface area (Å²) < 4.78 is 11.9. The lowest BCUT2D eigenvalue weighted by Gasteiger charge is -2.16. The Hall–Kier alpha value is -2.15. The molecule has 6 nitrogen and oxygen atoms in total. The Balaban J connectivity index is 2.12. The van der Waals surface area contributed by atoms with Gasteiger partial charge in [-0.3, -0.25) is 4.79 Å². The topological polar surface area (TPSA) is 69.6 Å². The zero-order valence-corrected chi connectivity index (χ0v) is 14.9. The minimum atomic E-state index is -0.626. The number of fused-ring (bicyclic) bond motifs is 1. The third kappa shape index (κ3) is 4.23. The summed E-state index contributed by atoms with van der Waals surface area (Å²) in [5.74, 6) is 0.805. The molecule has 1 amide bonds. The van der Waals surface area contributed by atoms with Gasteiger partial charge in [-0.05, 0) is 30.6 Å². The summed E-state index contributed by atoms with van der Waals surface area (Å²) in [6.45, 7) is 0.108. The number of para-hydroxylation sites is 1. The van der Waals surface area contributed by atoms with Crippen molar-refractivity contribution in [2.24, 2.45) is 0 Å². The maximum atomic E-state index is 12.4. The van der Waals surface area contributed by atoms with Gasteiger partial charge in [0.05, 0.1) is 19.7 Å². The van der Waals surface area contributed by atoms with Crippen molar-refractivity contribution in [1.29, 1.82) is 0 Å². The molecule has 0 radical (unpaired) electrons. The van der Waals surface area contributed by atoms with Crippen LogP contribution in [0.1, 0.15) is 6.42 Å². The number of nitrogens with zero attached hydrogens (tertiary/aromatic N) is 1. The molecule has 1 heterocycles. The summed E-state index contributed by atoms with van der Waals surface area (Å²) in [4.78, 5) is 24.2. The lowest BCUT2D eigenvalue weighted by Crippen LogP contribution is -2.43. The van der Waals surface area contributed by atoms with Crippen LogP contribution in [0, 0.1) is 0 Å². The van der Waals surface area contributed by atoms with E-state index < -0.39 is 12.0 Å². The molecule has 2 rings (SSSR count). The van der Waals surface area contributed by atoms with Crippen molar-refractivity contribution in [3.05, 3.63) is 30.5 Å². The Morgan fingerprint density at radius 3 is 2.75 bits per heavy atom. The fraction of sp³-hybridized carbons (Fsp3) is 0.412. The first-order chi connectivity index (χ1) is 11.6. The monoisotopic (exact) mass is 350 g/mol. The van der Waals surface area contributed by atoms with Crippen LogP contribution in [0.25, 0.3) is 10.9 Å². The van der Waals surface area contributed by atoms with Crippen LogP contribution < -0.4 is 10.1 Å². The highest BCUT2D eigenvalue weighted by Crippen LogP contribution is 2.26. The van der Waals surface area contributed by atoms with E-state index in [0.717, 1.165) is 16.7 Å². The first-order valence-electron chi connectivity index (χ1n) is 7.58. The zero-order chi connectivity index (χ0) is 17.5. The Morgan fingerprint density at radius 1 is 1.29 bits per heavy atom. The molecule has 0 aliphatic heterocycles. The first-order valence-corrected chi connectivity index (χ1v) is 8.98. The summed E-state index contributed by atoms with van der Waals surface area (Å²) in [6.07, 6.45) is 4.32. The van der Waals surface area contributed by atoms with Gasteiger partial charge in [-0.15, -0.1) is 0 Å². The minimum absolute atomic E-state index is 0.108. The molecule has 1 aromatic carbocycles. The average molecular weight is 350 g/mol. The second-order valence-electron chi connectivity index (χ2n) is 5.27. The molecule has 24 heavy (non-hydrogen) atoms. The van der Waals surface area contributed by atoms with Crippen LogP contribution in [0.4, 0.5) is 0 Å². The fourth-order valence-corrected chi connectivity index (χ4v) is 3.02. The Kier molecular flexibility index (Phi) is 6.54. The molecule has 0 aliphatic rings. The number of nitrogens with one attached hydrogen (secondary N) is 1.